The number of nitrogens with two attached hydrogens (primary N) is 1. The fourth-order valence-corrected chi connectivity index (χ4v) is 3.85. The molecule has 1 aromatic heterocycles. The molecule has 0 aliphatic carbocycles. The SMILES string of the molecule is C[C@H]1C[C@@H](C(N)=O)c2ccccc2N1Cc1csc([N+](=O)[O-])c1. The molecule has 0 spiro atoms. The molecular formula is C16H17N3O3S. The van der Waals surface area contributed by atoms with Crippen molar-refractivity contribution in [1.82, 2.24) is 0 Å². The van der Waals surface area contributed by atoms with E-state index in [-0.39, 0.29) is 27.8 Å². The largest absolute Gasteiger partial charge is 0.369 e. The van der Waals surface area contributed by atoms with Gasteiger partial charge < -0.3 is 10.6 Å². The minimum atomic E-state index is -0.370. The number of nitro groups is 1. The Kier molecular flexibility index (Phi) is 4.04. The first-order valence-corrected chi connectivity index (χ1v) is 8.22. The quantitative estimate of drug-likeness (QED) is 0.689. The van der Waals surface area contributed by atoms with Crippen LogP contribution in [0.25, 0.3) is 0 Å². The molecule has 2 aromatic rings. The third-order valence-corrected chi connectivity index (χ3v) is 5.18. The standard InChI is InChI=1S/C16H17N3O3S/c1-10-6-13(16(17)20)12-4-2-3-5-14(12)18(10)8-11-7-15(19(21)22)23-9-11/h2-5,7,9-10,13H,6,8H2,1H3,(H2,17,20)/t10-,13+/m0/s1. The van der Waals surface area contributed by atoms with Crippen molar-refractivity contribution in [3.8, 4) is 0 Å². The second-order valence-electron chi connectivity index (χ2n) is 5.78. The van der Waals surface area contributed by atoms with E-state index in [0.717, 1.165) is 28.2 Å². The number of benzene rings is 1. The molecule has 1 aromatic carbocycles. The summed E-state index contributed by atoms with van der Waals surface area (Å²) in [5.41, 5.74) is 8.36. The first kappa shape index (κ1) is 15.5. The van der Waals surface area contributed by atoms with E-state index >= 15 is 0 Å². The highest BCUT2D eigenvalue weighted by Crippen LogP contribution is 2.39. The predicted octanol–water partition coefficient (Wildman–Crippen LogP) is 3.02. The van der Waals surface area contributed by atoms with E-state index in [2.05, 4.69) is 4.90 Å². The Balaban J connectivity index is 1.93. The molecule has 3 rings (SSSR count). The Morgan fingerprint density at radius 2 is 2.22 bits per heavy atom. The molecule has 1 aliphatic heterocycles. The lowest BCUT2D eigenvalue weighted by molar-refractivity contribution is -0.380. The minimum absolute atomic E-state index is 0.126. The van der Waals surface area contributed by atoms with Gasteiger partial charge in [-0.25, -0.2) is 0 Å². The Hall–Kier alpha value is -2.41. The van der Waals surface area contributed by atoms with E-state index in [4.69, 9.17) is 5.73 Å². The maximum absolute atomic E-state index is 11.7. The number of carbonyl (C=O) groups excluding carboxylic acids is 1. The van der Waals surface area contributed by atoms with Crippen LogP contribution in [-0.4, -0.2) is 16.9 Å². The first-order valence-electron chi connectivity index (χ1n) is 7.34. The number of carbonyl (C=O) groups is 1. The molecule has 2 heterocycles. The van der Waals surface area contributed by atoms with Gasteiger partial charge >= 0.3 is 5.00 Å². The number of para-hydroxylation sites is 1. The topological polar surface area (TPSA) is 89.5 Å². The van der Waals surface area contributed by atoms with Gasteiger partial charge in [0.15, 0.2) is 0 Å². The van der Waals surface area contributed by atoms with Crippen molar-refractivity contribution in [3.63, 3.8) is 0 Å². The third-order valence-electron chi connectivity index (χ3n) is 4.25. The van der Waals surface area contributed by atoms with Gasteiger partial charge in [0.2, 0.25) is 5.91 Å². The molecule has 0 radical (unpaired) electrons. The number of nitrogens with zero attached hydrogens (tertiary/aromatic N) is 2. The van der Waals surface area contributed by atoms with Gasteiger partial charge in [0, 0.05) is 29.7 Å². The van der Waals surface area contributed by atoms with Crippen LogP contribution < -0.4 is 10.6 Å². The van der Waals surface area contributed by atoms with Gasteiger partial charge in [-0.3, -0.25) is 14.9 Å². The van der Waals surface area contributed by atoms with Gasteiger partial charge in [0.1, 0.15) is 0 Å². The molecule has 7 heteroatoms. The van der Waals surface area contributed by atoms with Crippen molar-refractivity contribution >= 4 is 27.9 Å². The molecule has 1 aliphatic rings. The monoisotopic (exact) mass is 331 g/mol. The Morgan fingerprint density at radius 3 is 2.87 bits per heavy atom. The van der Waals surface area contributed by atoms with E-state index in [1.165, 1.54) is 0 Å². The number of hydrogen-bond acceptors (Lipinski definition) is 5. The smallest absolute Gasteiger partial charge is 0.324 e. The fraction of sp³-hybridized carbons (Fsp3) is 0.312. The number of primary amides is 1. The van der Waals surface area contributed by atoms with Crippen LogP contribution in [-0.2, 0) is 11.3 Å². The fourth-order valence-electron chi connectivity index (χ4n) is 3.12. The highest BCUT2D eigenvalue weighted by Gasteiger charge is 2.33. The lowest BCUT2D eigenvalue weighted by Crippen LogP contribution is -2.41. The van der Waals surface area contributed by atoms with Crippen molar-refractivity contribution in [2.45, 2.75) is 31.8 Å². The summed E-state index contributed by atoms with van der Waals surface area (Å²) in [5.74, 6) is -0.593. The lowest BCUT2D eigenvalue weighted by Gasteiger charge is -2.39. The molecule has 1 amide bonds. The zero-order valence-electron chi connectivity index (χ0n) is 12.6. The predicted molar refractivity (Wildman–Crippen MR) is 89.6 cm³/mol. The average Bonchev–Trinajstić information content (AvgIpc) is 2.98. The molecule has 0 saturated heterocycles. The van der Waals surface area contributed by atoms with E-state index in [0.29, 0.717) is 13.0 Å². The molecule has 0 unspecified atom stereocenters. The Bertz CT molecular complexity index is 759. The van der Waals surface area contributed by atoms with Crippen molar-refractivity contribution < 1.29 is 9.72 Å². The van der Waals surface area contributed by atoms with Crippen molar-refractivity contribution in [1.29, 1.82) is 0 Å². The molecule has 0 saturated carbocycles. The molecule has 120 valence electrons. The first-order chi connectivity index (χ1) is 11.0. The second-order valence-corrected chi connectivity index (χ2v) is 6.67. The molecule has 23 heavy (non-hydrogen) atoms. The van der Waals surface area contributed by atoms with Gasteiger partial charge in [-0.05, 0) is 30.5 Å². The minimum Gasteiger partial charge on any atom is -0.369 e. The molecule has 0 bridgehead atoms. The Morgan fingerprint density at radius 1 is 1.48 bits per heavy atom. The summed E-state index contributed by atoms with van der Waals surface area (Å²) in [5, 5.41) is 12.8. The van der Waals surface area contributed by atoms with Crippen LogP contribution in [0.3, 0.4) is 0 Å². The normalized spacial score (nSPS) is 20.1. The number of hydrogen-bond donors (Lipinski definition) is 1. The highest BCUT2D eigenvalue weighted by molar-refractivity contribution is 7.13. The van der Waals surface area contributed by atoms with Gasteiger partial charge in [0.05, 0.1) is 10.8 Å². The van der Waals surface area contributed by atoms with Gasteiger partial charge in [-0.15, -0.1) is 0 Å². The number of amides is 1. The van der Waals surface area contributed by atoms with E-state index in [1.54, 1.807) is 6.07 Å². The van der Waals surface area contributed by atoms with Crippen LogP contribution in [0.5, 0.6) is 0 Å². The lowest BCUT2D eigenvalue weighted by atomic mass is 9.85. The van der Waals surface area contributed by atoms with Crippen molar-refractivity contribution in [3.05, 3.63) is 57.0 Å². The summed E-state index contributed by atoms with van der Waals surface area (Å²) < 4.78 is 0. The van der Waals surface area contributed by atoms with Crippen LogP contribution in [0.4, 0.5) is 10.7 Å². The van der Waals surface area contributed by atoms with E-state index < -0.39 is 0 Å². The summed E-state index contributed by atoms with van der Waals surface area (Å²) in [4.78, 5) is 24.4. The summed E-state index contributed by atoms with van der Waals surface area (Å²) in [6.45, 7) is 2.63. The van der Waals surface area contributed by atoms with E-state index in [1.807, 2.05) is 36.6 Å². The van der Waals surface area contributed by atoms with Crippen LogP contribution in [0.2, 0.25) is 0 Å². The molecule has 6 nitrogen and oxygen atoms in total. The molecule has 2 atom stereocenters. The van der Waals surface area contributed by atoms with Crippen LogP contribution in [0, 0.1) is 10.1 Å². The summed E-state index contributed by atoms with van der Waals surface area (Å²) in [7, 11) is 0. The third kappa shape index (κ3) is 2.92. The highest BCUT2D eigenvalue weighted by atomic mass is 32.1. The van der Waals surface area contributed by atoms with Gasteiger partial charge in [-0.2, -0.15) is 0 Å². The number of fused-ring (bicyclic) bond motifs is 1. The zero-order valence-corrected chi connectivity index (χ0v) is 13.5. The summed E-state index contributed by atoms with van der Waals surface area (Å²) in [6.07, 6.45) is 0.651. The number of anilines is 1. The zero-order chi connectivity index (χ0) is 16.6. The average molecular weight is 331 g/mol. The van der Waals surface area contributed by atoms with Crippen LogP contribution in [0.15, 0.2) is 35.7 Å². The van der Waals surface area contributed by atoms with E-state index in [9.17, 15) is 14.9 Å². The molecule has 2 N–H and O–H groups in total. The Labute approximate surface area is 137 Å². The van der Waals surface area contributed by atoms with Crippen molar-refractivity contribution in [2.75, 3.05) is 4.90 Å². The second kappa shape index (κ2) is 6.00. The van der Waals surface area contributed by atoms with Crippen LogP contribution >= 0.6 is 11.3 Å². The van der Waals surface area contributed by atoms with Gasteiger partial charge in [-0.1, -0.05) is 29.5 Å². The van der Waals surface area contributed by atoms with Gasteiger partial charge in [0.25, 0.3) is 0 Å². The maximum atomic E-state index is 11.7. The number of thiophene rings is 1. The van der Waals surface area contributed by atoms with Crippen LogP contribution in [0.1, 0.15) is 30.4 Å². The van der Waals surface area contributed by atoms with Crippen molar-refractivity contribution in [2.24, 2.45) is 5.73 Å². The number of rotatable bonds is 4. The summed E-state index contributed by atoms with van der Waals surface area (Å²) in [6, 6.07) is 9.47. The molecule has 0 fully saturated rings. The molecular weight excluding hydrogens is 314 g/mol. The summed E-state index contributed by atoms with van der Waals surface area (Å²) >= 11 is 1.13. The maximum Gasteiger partial charge on any atom is 0.324 e.